The number of hydrogen-bond acceptors (Lipinski definition) is 6. The number of aryl methyl sites for hydroxylation is 1. The van der Waals surface area contributed by atoms with Gasteiger partial charge in [0.2, 0.25) is 5.89 Å². The van der Waals surface area contributed by atoms with Crippen LogP contribution < -0.4 is 4.74 Å². The molecule has 0 fully saturated rings. The Kier molecular flexibility index (Phi) is 2.75. The van der Waals surface area contributed by atoms with Gasteiger partial charge in [0, 0.05) is 11.6 Å². The predicted octanol–water partition coefficient (Wildman–Crippen LogP) is 2.71. The molecule has 3 aromatic rings. The van der Waals surface area contributed by atoms with Gasteiger partial charge in [0.25, 0.3) is 5.89 Å². The van der Waals surface area contributed by atoms with E-state index in [0.29, 0.717) is 23.2 Å². The summed E-state index contributed by atoms with van der Waals surface area (Å²) in [6.07, 6.45) is 0. The third-order valence-electron chi connectivity index (χ3n) is 2.61. The standard InChI is InChI=1S/C13H11N3O3/c1-8-7-11(16-19-8)13-15-14-12(18-13)9-3-5-10(17-2)6-4-9/h3-7H,1-2H3. The highest BCUT2D eigenvalue weighted by atomic mass is 16.5. The van der Waals surface area contributed by atoms with Crippen molar-refractivity contribution in [3.05, 3.63) is 36.1 Å². The van der Waals surface area contributed by atoms with Gasteiger partial charge in [-0.1, -0.05) is 5.16 Å². The van der Waals surface area contributed by atoms with Crippen molar-refractivity contribution in [1.29, 1.82) is 0 Å². The van der Waals surface area contributed by atoms with E-state index in [4.69, 9.17) is 13.7 Å². The van der Waals surface area contributed by atoms with E-state index in [0.717, 1.165) is 11.3 Å². The quantitative estimate of drug-likeness (QED) is 0.718. The fourth-order valence-corrected chi connectivity index (χ4v) is 1.64. The Morgan fingerprint density at radius 1 is 1.05 bits per heavy atom. The molecule has 0 bridgehead atoms. The van der Waals surface area contributed by atoms with Crippen LogP contribution in [0.15, 0.2) is 39.3 Å². The number of benzene rings is 1. The van der Waals surface area contributed by atoms with Crippen LogP contribution in [-0.2, 0) is 0 Å². The summed E-state index contributed by atoms with van der Waals surface area (Å²) >= 11 is 0. The highest BCUT2D eigenvalue weighted by Gasteiger charge is 2.13. The lowest BCUT2D eigenvalue weighted by Crippen LogP contribution is -1.82. The largest absolute Gasteiger partial charge is 0.497 e. The third kappa shape index (κ3) is 2.20. The summed E-state index contributed by atoms with van der Waals surface area (Å²) < 4.78 is 15.6. The van der Waals surface area contributed by atoms with Gasteiger partial charge >= 0.3 is 0 Å². The molecule has 0 atom stereocenters. The molecule has 0 aliphatic heterocycles. The van der Waals surface area contributed by atoms with Gasteiger partial charge in [-0.15, -0.1) is 10.2 Å². The number of ether oxygens (including phenoxy) is 1. The molecule has 6 heteroatoms. The van der Waals surface area contributed by atoms with E-state index in [1.54, 1.807) is 20.1 Å². The first-order valence-corrected chi connectivity index (χ1v) is 5.68. The molecule has 0 spiro atoms. The summed E-state index contributed by atoms with van der Waals surface area (Å²) in [7, 11) is 1.62. The molecular formula is C13H11N3O3. The summed E-state index contributed by atoms with van der Waals surface area (Å²) in [5.74, 6) is 2.23. The molecule has 0 N–H and O–H groups in total. The zero-order valence-electron chi connectivity index (χ0n) is 10.5. The molecule has 96 valence electrons. The normalized spacial score (nSPS) is 10.6. The second-order valence-electron chi connectivity index (χ2n) is 3.96. The van der Waals surface area contributed by atoms with Gasteiger partial charge in [0.1, 0.15) is 11.5 Å². The fraction of sp³-hybridized carbons (Fsp3) is 0.154. The first-order chi connectivity index (χ1) is 9.26. The van der Waals surface area contributed by atoms with Crippen molar-refractivity contribution >= 4 is 0 Å². The van der Waals surface area contributed by atoms with Crippen LogP contribution in [-0.4, -0.2) is 22.5 Å². The van der Waals surface area contributed by atoms with Crippen molar-refractivity contribution in [1.82, 2.24) is 15.4 Å². The SMILES string of the molecule is COc1ccc(-c2nnc(-c3cc(C)on3)o2)cc1. The minimum Gasteiger partial charge on any atom is -0.497 e. The summed E-state index contributed by atoms with van der Waals surface area (Å²) in [6, 6.07) is 9.11. The molecular weight excluding hydrogens is 246 g/mol. The lowest BCUT2D eigenvalue weighted by atomic mass is 10.2. The van der Waals surface area contributed by atoms with Crippen molar-refractivity contribution in [3.8, 4) is 28.8 Å². The number of rotatable bonds is 3. The van der Waals surface area contributed by atoms with Gasteiger partial charge in [-0.25, -0.2) is 0 Å². The van der Waals surface area contributed by atoms with Gasteiger partial charge < -0.3 is 13.7 Å². The van der Waals surface area contributed by atoms with E-state index in [9.17, 15) is 0 Å². The summed E-state index contributed by atoms with van der Waals surface area (Å²) in [5.41, 5.74) is 1.35. The van der Waals surface area contributed by atoms with Crippen molar-refractivity contribution in [2.75, 3.05) is 7.11 Å². The molecule has 0 aliphatic rings. The van der Waals surface area contributed by atoms with Crippen LogP contribution in [0.2, 0.25) is 0 Å². The van der Waals surface area contributed by atoms with Crippen LogP contribution in [0.25, 0.3) is 23.0 Å². The van der Waals surface area contributed by atoms with E-state index < -0.39 is 0 Å². The first-order valence-electron chi connectivity index (χ1n) is 5.68. The monoisotopic (exact) mass is 257 g/mol. The highest BCUT2D eigenvalue weighted by Crippen LogP contribution is 2.24. The maximum atomic E-state index is 5.56. The molecule has 3 rings (SSSR count). The second kappa shape index (κ2) is 4.56. The summed E-state index contributed by atoms with van der Waals surface area (Å²) in [4.78, 5) is 0. The lowest BCUT2D eigenvalue weighted by molar-refractivity contribution is 0.397. The number of aromatic nitrogens is 3. The van der Waals surface area contributed by atoms with E-state index in [1.165, 1.54) is 0 Å². The second-order valence-corrected chi connectivity index (χ2v) is 3.96. The number of nitrogens with zero attached hydrogens (tertiary/aromatic N) is 3. The first kappa shape index (κ1) is 11.5. The molecule has 0 unspecified atom stereocenters. The zero-order valence-corrected chi connectivity index (χ0v) is 10.5. The molecule has 2 aromatic heterocycles. The molecule has 0 amide bonds. The van der Waals surface area contributed by atoms with E-state index in [-0.39, 0.29) is 0 Å². The topological polar surface area (TPSA) is 74.2 Å². The predicted molar refractivity (Wildman–Crippen MR) is 66.5 cm³/mol. The molecule has 0 radical (unpaired) electrons. The minimum atomic E-state index is 0.336. The smallest absolute Gasteiger partial charge is 0.270 e. The van der Waals surface area contributed by atoms with Gasteiger partial charge in [0.15, 0.2) is 5.69 Å². The van der Waals surface area contributed by atoms with Crippen molar-refractivity contribution in [3.63, 3.8) is 0 Å². The van der Waals surface area contributed by atoms with Crippen molar-refractivity contribution in [2.24, 2.45) is 0 Å². The van der Waals surface area contributed by atoms with E-state index >= 15 is 0 Å². The minimum absolute atomic E-state index is 0.336. The van der Waals surface area contributed by atoms with E-state index in [1.807, 2.05) is 24.3 Å². The molecule has 0 saturated carbocycles. The Labute approximate surface area is 109 Å². The Morgan fingerprint density at radius 2 is 1.79 bits per heavy atom. The van der Waals surface area contributed by atoms with E-state index in [2.05, 4.69) is 15.4 Å². The molecule has 0 aliphatic carbocycles. The lowest BCUT2D eigenvalue weighted by Gasteiger charge is -1.98. The highest BCUT2D eigenvalue weighted by molar-refractivity contribution is 5.56. The zero-order chi connectivity index (χ0) is 13.2. The Balaban J connectivity index is 1.91. The van der Waals surface area contributed by atoms with Crippen LogP contribution in [0.3, 0.4) is 0 Å². The Hall–Kier alpha value is -2.63. The molecule has 6 nitrogen and oxygen atoms in total. The molecule has 2 heterocycles. The maximum Gasteiger partial charge on any atom is 0.270 e. The van der Waals surface area contributed by atoms with Crippen LogP contribution in [0.5, 0.6) is 5.75 Å². The Bertz CT molecular complexity index is 685. The molecule has 1 aromatic carbocycles. The van der Waals surface area contributed by atoms with Crippen molar-refractivity contribution in [2.45, 2.75) is 6.92 Å². The van der Waals surface area contributed by atoms with Crippen LogP contribution in [0.4, 0.5) is 0 Å². The number of hydrogen-bond donors (Lipinski definition) is 0. The van der Waals surface area contributed by atoms with Gasteiger partial charge in [0.05, 0.1) is 7.11 Å². The van der Waals surface area contributed by atoms with Gasteiger partial charge in [-0.3, -0.25) is 0 Å². The summed E-state index contributed by atoms with van der Waals surface area (Å²) in [5, 5.41) is 11.8. The average Bonchev–Trinajstić information content (AvgIpc) is 3.07. The van der Waals surface area contributed by atoms with Crippen molar-refractivity contribution < 1.29 is 13.7 Å². The fourth-order valence-electron chi connectivity index (χ4n) is 1.64. The van der Waals surface area contributed by atoms with Crippen LogP contribution in [0.1, 0.15) is 5.76 Å². The number of methoxy groups -OCH3 is 1. The maximum absolute atomic E-state index is 5.56. The van der Waals surface area contributed by atoms with Crippen LogP contribution in [0, 0.1) is 6.92 Å². The average molecular weight is 257 g/mol. The molecule has 19 heavy (non-hydrogen) atoms. The van der Waals surface area contributed by atoms with Gasteiger partial charge in [-0.2, -0.15) is 0 Å². The Morgan fingerprint density at radius 3 is 2.42 bits per heavy atom. The van der Waals surface area contributed by atoms with Crippen LogP contribution >= 0.6 is 0 Å². The third-order valence-corrected chi connectivity index (χ3v) is 2.61. The van der Waals surface area contributed by atoms with Gasteiger partial charge in [-0.05, 0) is 31.2 Å². The summed E-state index contributed by atoms with van der Waals surface area (Å²) in [6.45, 7) is 1.80. The molecule has 0 saturated heterocycles.